The van der Waals surface area contributed by atoms with E-state index in [4.69, 9.17) is 11.6 Å². The van der Waals surface area contributed by atoms with Crippen molar-refractivity contribution >= 4 is 39.8 Å². The van der Waals surface area contributed by atoms with Crippen LogP contribution in [0.4, 0.5) is 11.5 Å². The van der Waals surface area contributed by atoms with Crippen LogP contribution in [-0.2, 0) is 11.3 Å². The van der Waals surface area contributed by atoms with Crippen molar-refractivity contribution in [1.82, 2.24) is 9.78 Å². The van der Waals surface area contributed by atoms with Gasteiger partial charge in [0.05, 0.1) is 5.39 Å². The maximum absolute atomic E-state index is 12.8. The smallest absolute Gasteiger partial charge is 0.275 e. The number of amides is 1. The fourth-order valence-electron chi connectivity index (χ4n) is 3.39. The highest BCUT2D eigenvalue weighted by Crippen LogP contribution is 2.25. The molecule has 27 heavy (non-hydrogen) atoms. The SMILES string of the molecule is O=C(Cn1nc(N2CCCC2)c2ccccc2c1=O)Nc1cccc(Cl)c1. The lowest BCUT2D eigenvalue weighted by atomic mass is 10.2. The van der Waals surface area contributed by atoms with E-state index in [1.54, 1.807) is 30.3 Å². The summed E-state index contributed by atoms with van der Waals surface area (Å²) in [6.45, 7) is 1.66. The molecule has 1 amide bonds. The van der Waals surface area contributed by atoms with Crippen LogP contribution in [0.3, 0.4) is 0 Å². The highest BCUT2D eigenvalue weighted by atomic mass is 35.5. The first-order valence-corrected chi connectivity index (χ1v) is 9.30. The fraction of sp³-hybridized carbons (Fsp3) is 0.250. The molecule has 138 valence electrons. The van der Waals surface area contributed by atoms with Crippen molar-refractivity contribution < 1.29 is 4.79 Å². The molecule has 0 aliphatic carbocycles. The van der Waals surface area contributed by atoms with Crippen LogP contribution < -0.4 is 15.8 Å². The van der Waals surface area contributed by atoms with E-state index in [-0.39, 0.29) is 18.0 Å². The lowest BCUT2D eigenvalue weighted by Crippen LogP contribution is -2.32. The zero-order valence-electron chi connectivity index (χ0n) is 14.7. The van der Waals surface area contributed by atoms with Gasteiger partial charge in [-0.2, -0.15) is 5.10 Å². The number of aromatic nitrogens is 2. The molecule has 0 radical (unpaired) electrons. The molecule has 1 aliphatic heterocycles. The van der Waals surface area contributed by atoms with E-state index >= 15 is 0 Å². The van der Waals surface area contributed by atoms with Crippen LogP contribution >= 0.6 is 11.6 Å². The minimum atomic E-state index is -0.325. The van der Waals surface area contributed by atoms with E-state index in [1.807, 2.05) is 18.2 Å². The minimum Gasteiger partial charge on any atom is -0.355 e. The van der Waals surface area contributed by atoms with Gasteiger partial charge in [-0.1, -0.05) is 35.9 Å². The lowest BCUT2D eigenvalue weighted by molar-refractivity contribution is -0.117. The molecule has 1 fully saturated rings. The molecule has 0 unspecified atom stereocenters. The average Bonchev–Trinajstić information content (AvgIpc) is 3.18. The van der Waals surface area contributed by atoms with Crippen molar-refractivity contribution in [2.45, 2.75) is 19.4 Å². The second kappa shape index (κ2) is 7.40. The van der Waals surface area contributed by atoms with Crippen molar-refractivity contribution in [2.75, 3.05) is 23.3 Å². The summed E-state index contributed by atoms with van der Waals surface area (Å²) in [6.07, 6.45) is 2.20. The number of halogens is 1. The van der Waals surface area contributed by atoms with Crippen LogP contribution in [0.25, 0.3) is 10.8 Å². The number of fused-ring (bicyclic) bond motifs is 1. The van der Waals surface area contributed by atoms with Gasteiger partial charge < -0.3 is 10.2 Å². The molecule has 4 rings (SSSR count). The Morgan fingerprint density at radius 2 is 1.81 bits per heavy atom. The Labute approximate surface area is 161 Å². The number of nitrogens with one attached hydrogen (secondary N) is 1. The van der Waals surface area contributed by atoms with Crippen LogP contribution in [0.5, 0.6) is 0 Å². The molecule has 1 N–H and O–H groups in total. The molecule has 2 heterocycles. The van der Waals surface area contributed by atoms with Gasteiger partial charge in [0.1, 0.15) is 6.54 Å². The number of hydrogen-bond acceptors (Lipinski definition) is 4. The summed E-state index contributed by atoms with van der Waals surface area (Å²) in [5.41, 5.74) is 0.316. The van der Waals surface area contributed by atoms with Gasteiger partial charge in [-0.05, 0) is 37.1 Å². The first kappa shape index (κ1) is 17.5. The number of carbonyl (C=O) groups is 1. The minimum absolute atomic E-state index is 0.156. The van der Waals surface area contributed by atoms with Crippen LogP contribution in [-0.4, -0.2) is 28.8 Å². The molecule has 7 heteroatoms. The maximum atomic E-state index is 12.8. The monoisotopic (exact) mass is 382 g/mol. The van der Waals surface area contributed by atoms with E-state index in [1.165, 1.54) is 4.68 Å². The van der Waals surface area contributed by atoms with E-state index in [2.05, 4.69) is 15.3 Å². The number of rotatable bonds is 4. The highest BCUT2D eigenvalue weighted by molar-refractivity contribution is 6.30. The largest absolute Gasteiger partial charge is 0.355 e. The number of carbonyl (C=O) groups excluding carboxylic acids is 1. The predicted molar refractivity (Wildman–Crippen MR) is 108 cm³/mol. The summed E-state index contributed by atoms with van der Waals surface area (Å²) < 4.78 is 1.25. The van der Waals surface area contributed by atoms with Gasteiger partial charge in [0, 0.05) is 29.2 Å². The fourth-order valence-corrected chi connectivity index (χ4v) is 3.58. The first-order valence-electron chi connectivity index (χ1n) is 8.92. The Kier molecular flexibility index (Phi) is 4.81. The number of anilines is 2. The van der Waals surface area contributed by atoms with Gasteiger partial charge >= 0.3 is 0 Å². The molecular formula is C20H19ClN4O2. The third-order valence-corrected chi connectivity index (χ3v) is 4.89. The van der Waals surface area contributed by atoms with Crippen molar-refractivity contribution in [3.63, 3.8) is 0 Å². The average molecular weight is 383 g/mol. The van der Waals surface area contributed by atoms with E-state index in [0.29, 0.717) is 16.1 Å². The van der Waals surface area contributed by atoms with Gasteiger partial charge in [-0.3, -0.25) is 9.59 Å². The number of hydrogen-bond donors (Lipinski definition) is 1. The Bertz CT molecular complexity index is 1060. The molecule has 1 saturated heterocycles. The number of nitrogens with zero attached hydrogens (tertiary/aromatic N) is 3. The summed E-state index contributed by atoms with van der Waals surface area (Å²) >= 11 is 5.95. The van der Waals surface area contributed by atoms with Crippen molar-refractivity contribution in [1.29, 1.82) is 0 Å². The Hall–Kier alpha value is -2.86. The first-order chi connectivity index (χ1) is 13.1. The molecule has 1 aliphatic rings. The van der Waals surface area contributed by atoms with Gasteiger partial charge in [-0.15, -0.1) is 0 Å². The van der Waals surface area contributed by atoms with Crippen LogP contribution in [0.15, 0.2) is 53.3 Å². The van der Waals surface area contributed by atoms with Crippen LogP contribution in [0, 0.1) is 0 Å². The van der Waals surface area contributed by atoms with E-state index in [9.17, 15) is 9.59 Å². The molecule has 3 aromatic rings. The van der Waals surface area contributed by atoms with Crippen molar-refractivity contribution in [2.24, 2.45) is 0 Å². The molecule has 0 spiro atoms. The highest BCUT2D eigenvalue weighted by Gasteiger charge is 2.20. The van der Waals surface area contributed by atoms with Gasteiger partial charge in [0.2, 0.25) is 5.91 Å². The van der Waals surface area contributed by atoms with E-state index in [0.717, 1.165) is 37.1 Å². The quantitative estimate of drug-likeness (QED) is 0.751. The summed E-state index contributed by atoms with van der Waals surface area (Å²) in [6, 6.07) is 14.3. The zero-order valence-corrected chi connectivity index (χ0v) is 15.4. The summed E-state index contributed by atoms with van der Waals surface area (Å²) in [5, 5.41) is 9.22. The van der Waals surface area contributed by atoms with Crippen molar-refractivity contribution in [3.8, 4) is 0 Å². The molecule has 0 saturated carbocycles. The van der Waals surface area contributed by atoms with Crippen LogP contribution in [0.1, 0.15) is 12.8 Å². The van der Waals surface area contributed by atoms with E-state index < -0.39 is 0 Å². The molecule has 1 aromatic heterocycles. The van der Waals surface area contributed by atoms with Crippen molar-refractivity contribution in [3.05, 3.63) is 63.9 Å². The maximum Gasteiger partial charge on any atom is 0.275 e. The molecular weight excluding hydrogens is 364 g/mol. The number of benzene rings is 2. The van der Waals surface area contributed by atoms with Gasteiger partial charge in [0.15, 0.2) is 5.82 Å². The Balaban J connectivity index is 1.67. The third kappa shape index (κ3) is 3.66. The topological polar surface area (TPSA) is 67.2 Å². The molecule has 0 bridgehead atoms. The summed E-state index contributed by atoms with van der Waals surface area (Å²) in [7, 11) is 0. The molecule has 2 aromatic carbocycles. The normalized spacial score (nSPS) is 13.9. The lowest BCUT2D eigenvalue weighted by Gasteiger charge is -2.19. The third-order valence-electron chi connectivity index (χ3n) is 4.66. The summed E-state index contributed by atoms with van der Waals surface area (Å²) in [5.74, 6) is 0.438. The Morgan fingerprint density at radius 1 is 1.07 bits per heavy atom. The summed E-state index contributed by atoms with van der Waals surface area (Å²) in [4.78, 5) is 27.4. The standard InChI is InChI=1S/C20H19ClN4O2/c21-14-6-5-7-15(12-14)22-18(26)13-25-20(27)17-9-2-1-8-16(17)19(23-25)24-10-3-4-11-24/h1-2,5-9,12H,3-4,10-11,13H2,(H,22,26). The molecule has 6 nitrogen and oxygen atoms in total. The van der Waals surface area contributed by atoms with Gasteiger partial charge in [-0.25, -0.2) is 4.68 Å². The Morgan fingerprint density at radius 3 is 2.56 bits per heavy atom. The second-order valence-corrected chi connectivity index (χ2v) is 7.02. The van der Waals surface area contributed by atoms with Crippen LogP contribution in [0.2, 0.25) is 5.02 Å². The van der Waals surface area contributed by atoms with Gasteiger partial charge in [0.25, 0.3) is 5.56 Å². The second-order valence-electron chi connectivity index (χ2n) is 6.58. The molecule has 0 atom stereocenters. The zero-order chi connectivity index (χ0) is 18.8. The predicted octanol–water partition coefficient (Wildman–Crippen LogP) is 3.29.